The van der Waals surface area contributed by atoms with Crippen LogP contribution in [0.2, 0.25) is 0 Å². The van der Waals surface area contributed by atoms with E-state index in [1.807, 2.05) is 0 Å². The van der Waals surface area contributed by atoms with Crippen molar-refractivity contribution in [2.45, 2.75) is 64.0 Å². The van der Waals surface area contributed by atoms with Crippen molar-refractivity contribution in [1.29, 1.82) is 0 Å². The maximum Gasteiger partial charge on any atom is 0.0158 e. The fraction of sp³-hybridized carbons (Fsp3) is 1.00. The molecule has 1 atom stereocenters. The number of thioether (sulfide) groups is 1. The van der Waals surface area contributed by atoms with Crippen LogP contribution < -0.4 is 5.32 Å². The Labute approximate surface area is 123 Å². The van der Waals surface area contributed by atoms with Gasteiger partial charge in [0.15, 0.2) is 0 Å². The van der Waals surface area contributed by atoms with Crippen molar-refractivity contribution in [1.82, 2.24) is 10.2 Å². The van der Waals surface area contributed by atoms with Crippen molar-refractivity contribution >= 4 is 11.8 Å². The molecular weight excluding hydrogens is 252 g/mol. The molecule has 0 radical (unpaired) electrons. The van der Waals surface area contributed by atoms with E-state index in [1.165, 1.54) is 76.1 Å². The zero-order chi connectivity index (χ0) is 13.1. The highest BCUT2D eigenvalue weighted by molar-refractivity contribution is 7.99. The van der Waals surface area contributed by atoms with E-state index in [4.69, 9.17) is 0 Å². The van der Waals surface area contributed by atoms with Crippen molar-refractivity contribution in [3.63, 3.8) is 0 Å². The van der Waals surface area contributed by atoms with Gasteiger partial charge in [0, 0.05) is 43.2 Å². The van der Waals surface area contributed by atoms with E-state index in [2.05, 4.69) is 28.9 Å². The zero-order valence-electron chi connectivity index (χ0n) is 12.5. The summed E-state index contributed by atoms with van der Waals surface area (Å²) in [4.78, 5) is 2.79. The normalized spacial score (nSPS) is 32.4. The highest BCUT2D eigenvalue weighted by atomic mass is 32.2. The lowest BCUT2D eigenvalue weighted by atomic mass is 9.73. The first kappa shape index (κ1) is 14.2. The van der Waals surface area contributed by atoms with Crippen LogP contribution in [0.15, 0.2) is 0 Å². The minimum absolute atomic E-state index is 0.594. The SMILES string of the molecule is CC1CSCCN1CC1(CNC2CC2)CCCCC1. The summed E-state index contributed by atoms with van der Waals surface area (Å²) in [5.41, 5.74) is 0.594. The highest BCUT2D eigenvalue weighted by Crippen LogP contribution is 2.38. The molecular formula is C16H30N2S. The first-order valence-electron chi connectivity index (χ1n) is 8.33. The summed E-state index contributed by atoms with van der Waals surface area (Å²) in [6, 6.07) is 1.66. The molecule has 3 fully saturated rings. The minimum Gasteiger partial charge on any atom is -0.313 e. The molecule has 1 N–H and O–H groups in total. The third-order valence-corrected chi connectivity index (χ3v) is 6.49. The van der Waals surface area contributed by atoms with Crippen LogP contribution in [0.4, 0.5) is 0 Å². The summed E-state index contributed by atoms with van der Waals surface area (Å²) in [6.45, 7) is 6.39. The molecule has 1 aliphatic heterocycles. The summed E-state index contributed by atoms with van der Waals surface area (Å²) in [5.74, 6) is 2.68. The topological polar surface area (TPSA) is 15.3 Å². The van der Waals surface area contributed by atoms with Crippen LogP contribution >= 0.6 is 11.8 Å². The van der Waals surface area contributed by atoms with Crippen molar-refractivity contribution < 1.29 is 0 Å². The minimum atomic E-state index is 0.594. The van der Waals surface area contributed by atoms with Crippen molar-refractivity contribution in [2.24, 2.45) is 5.41 Å². The Morgan fingerprint density at radius 2 is 2.00 bits per heavy atom. The molecule has 2 nitrogen and oxygen atoms in total. The predicted molar refractivity (Wildman–Crippen MR) is 84.9 cm³/mol. The lowest BCUT2D eigenvalue weighted by Gasteiger charge is -2.44. The molecule has 0 aromatic heterocycles. The van der Waals surface area contributed by atoms with E-state index < -0.39 is 0 Å². The lowest BCUT2D eigenvalue weighted by molar-refractivity contribution is 0.0866. The van der Waals surface area contributed by atoms with Crippen LogP contribution in [0.5, 0.6) is 0 Å². The summed E-state index contributed by atoms with van der Waals surface area (Å²) < 4.78 is 0. The van der Waals surface area contributed by atoms with E-state index in [0.29, 0.717) is 5.41 Å². The summed E-state index contributed by atoms with van der Waals surface area (Å²) in [7, 11) is 0. The average molecular weight is 282 g/mol. The molecule has 0 bridgehead atoms. The molecule has 2 aliphatic carbocycles. The molecule has 3 aliphatic rings. The van der Waals surface area contributed by atoms with Crippen LogP contribution in [0, 0.1) is 5.41 Å². The Bertz CT molecular complexity index is 284. The maximum absolute atomic E-state index is 3.84. The van der Waals surface area contributed by atoms with Crippen LogP contribution in [0.25, 0.3) is 0 Å². The van der Waals surface area contributed by atoms with Gasteiger partial charge >= 0.3 is 0 Å². The van der Waals surface area contributed by atoms with Gasteiger partial charge in [-0.25, -0.2) is 0 Å². The average Bonchev–Trinajstić information content (AvgIpc) is 3.25. The number of rotatable bonds is 5. The van der Waals surface area contributed by atoms with E-state index in [9.17, 15) is 0 Å². The van der Waals surface area contributed by atoms with Crippen molar-refractivity contribution in [3.05, 3.63) is 0 Å². The number of hydrogen-bond donors (Lipinski definition) is 1. The molecule has 19 heavy (non-hydrogen) atoms. The third kappa shape index (κ3) is 3.89. The second kappa shape index (κ2) is 6.36. The smallest absolute Gasteiger partial charge is 0.0158 e. The van der Waals surface area contributed by atoms with Gasteiger partial charge < -0.3 is 5.32 Å². The Kier molecular flexibility index (Phi) is 4.76. The quantitative estimate of drug-likeness (QED) is 0.834. The largest absolute Gasteiger partial charge is 0.313 e. The van der Waals surface area contributed by atoms with Crippen LogP contribution in [0.3, 0.4) is 0 Å². The second-order valence-corrected chi connectivity index (χ2v) is 8.26. The Hall–Kier alpha value is 0.270. The lowest BCUT2D eigenvalue weighted by Crippen LogP contribution is -2.50. The zero-order valence-corrected chi connectivity index (χ0v) is 13.3. The second-order valence-electron chi connectivity index (χ2n) is 7.11. The fourth-order valence-corrected chi connectivity index (χ4v) is 4.85. The Balaban J connectivity index is 1.59. The van der Waals surface area contributed by atoms with E-state index >= 15 is 0 Å². The van der Waals surface area contributed by atoms with Gasteiger partial charge in [0.25, 0.3) is 0 Å². The molecule has 1 heterocycles. The predicted octanol–water partition coefficient (Wildman–Crippen LogP) is 3.13. The number of hydrogen-bond acceptors (Lipinski definition) is 3. The van der Waals surface area contributed by atoms with E-state index in [1.54, 1.807) is 0 Å². The summed E-state index contributed by atoms with van der Waals surface area (Å²) in [6.07, 6.45) is 10.2. The van der Waals surface area contributed by atoms with Crippen LogP contribution in [-0.4, -0.2) is 48.1 Å². The highest BCUT2D eigenvalue weighted by Gasteiger charge is 2.36. The van der Waals surface area contributed by atoms with Gasteiger partial charge in [-0.15, -0.1) is 0 Å². The molecule has 3 rings (SSSR count). The Morgan fingerprint density at radius 3 is 2.68 bits per heavy atom. The number of nitrogens with zero attached hydrogens (tertiary/aromatic N) is 1. The molecule has 0 spiro atoms. The molecule has 0 amide bonds. The molecule has 0 aromatic carbocycles. The van der Waals surface area contributed by atoms with Crippen LogP contribution in [-0.2, 0) is 0 Å². The third-order valence-electron chi connectivity index (χ3n) is 5.30. The number of nitrogens with one attached hydrogen (secondary N) is 1. The van der Waals surface area contributed by atoms with Gasteiger partial charge in [0.1, 0.15) is 0 Å². The Morgan fingerprint density at radius 1 is 1.21 bits per heavy atom. The molecule has 2 saturated carbocycles. The maximum atomic E-state index is 3.84. The summed E-state index contributed by atoms with van der Waals surface area (Å²) in [5, 5.41) is 3.84. The first-order valence-corrected chi connectivity index (χ1v) is 9.48. The molecule has 3 heteroatoms. The monoisotopic (exact) mass is 282 g/mol. The van der Waals surface area contributed by atoms with Gasteiger partial charge in [-0.05, 0) is 38.0 Å². The molecule has 110 valence electrons. The standard InChI is InChI=1S/C16H30N2S/c1-14-11-19-10-9-18(14)13-16(7-3-2-4-8-16)12-17-15-5-6-15/h14-15,17H,2-13H2,1H3. The van der Waals surface area contributed by atoms with Crippen LogP contribution in [0.1, 0.15) is 51.9 Å². The van der Waals surface area contributed by atoms with E-state index in [0.717, 1.165) is 12.1 Å². The molecule has 1 unspecified atom stereocenters. The molecule has 0 aromatic rings. The van der Waals surface area contributed by atoms with Gasteiger partial charge in [0.05, 0.1) is 0 Å². The van der Waals surface area contributed by atoms with Gasteiger partial charge in [-0.2, -0.15) is 11.8 Å². The van der Waals surface area contributed by atoms with Crippen molar-refractivity contribution in [3.8, 4) is 0 Å². The summed E-state index contributed by atoms with van der Waals surface area (Å²) >= 11 is 2.14. The van der Waals surface area contributed by atoms with Gasteiger partial charge in [-0.3, -0.25) is 4.90 Å². The fourth-order valence-electron chi connectivity index (χ4n) is 3.77. The van der Waals surface area contributed by atoms with Crippen molar-refractivity contribution in [2.75, 3.05) is 31.1 Å². The first-order chi connectivity index (χ1) is 9.27. The van der Waals surface area contributed by atoms with E-state index in [-0.39, 0.29) is 0 Å². The van der Waals surface area contributed by atoms with Gasteiger partial charge in [0.2, 0.25) is 0 Å². The molecule has 1 saturated heterocycles. The van der Waals surface area contributed by atoms with Gasteiger partial charge in [-0.1, -0.05) is 19.3 Å².